The molecule has 1 heterocycles. The number of nitrogens with one attached hydrogen (secondary N) is 1. The standard InChI is InChI=1S/C11H13BrN4O/c1-6-5-8(3-4-9(6)12)14-11-16-15-10(17-11)7(2)13/h3-5,7H,13H2,1-2H3,(H,14,16). The Morgan fingerprint density at radius 2 is 2.18 bits per heavy atom. The lowest BCUT2D eigenvalue weighted by atomic mass is 10.2. The average Bonchev–Trinajstić information content (AvgIpc) is 2.72. The van der Waals surface area contributed by atoms with E-state index in [1.165, 1.54) is 0 Å². The molecule has 5 nitrogen and oxygen atoms in total. The van der Waals surface area contributed by atoms with Crippen LogP contribution in [0.4, 0.5) is 11.7 Å². The van der Waals surface area contributed by atoms with Gasteiger partial charge in [-0.25, -0.2) is 0 Å². The maximum Gasteiger partial charge on any atom is 0.320 e. The Labute approximate surface area is 108 Å². The lowest BCUT2D eigenvalue weighted by Crippen LogP contribution is -2.04. The van der Waals surface area contributed by atoms with E-state index in [0.717, 1.165) is 15.7 Å². The highest BCUT2D eigenvalue weighted by Crippen LogP contribution is 2.23. The first-order valence-corrected chi connectivity index (χ1v) is 5.97. The molecule has 2 aromatic rings. The molecule has 0 saturated heterocycles. The summed E-state index contributed by atoms with van der Waals surface area (Å²) in [5.41, 5.74) is 7.66. The van der Waals surface area contributed by atoms with E-state index in [1.54, 1.807) is 6.92 Å². The van der Waals surface area contributed by atoms with Crippen LogP contribution in [0.5, 0.6) is 0 Å². The van der Waals surface area contributed by atoms with Gasteiger partial charge in [0, 0.05) is 10.2 Å². The molecule has 0 aliphatic carbocycles. The minimum atomic E-state index is -0.260. The van der Waals surface area contributed by atoms with Crippen molar-refractivity contribution in [1.29, 1.82) is 0 Å². The minimum Gasteiger partial charge on any atom is -0.406 e. The summed E-state index contributed by atoms with van der Waals surface area (Å²) in [5, 5.41) is 10.7. The molecule has 0 aliphatic rings. The van der Waals surface area contributed by atoms with Gasteiger partial charge in [0.05, 0.1) is 6.04 Å². The van der Waals surface area contributed by atoms with Gasteiger partial charge in [0.25, 0.3) is 0 Å². The SMILES string of the molecule is Cc1cc(Nc2nnc(C(C)N)o2)ccc1Br. The molecule has 2 rings (SSSR count). The summed E-state index contributed by atoms with van der Waals surface area (Å²) < 4.78 is 6.41. The van der Waals surface area contributed by atoms with Crippen molar-refractivity contribution in [2.75, 3.05) is 5.32 Å². The maximum absolute atomic E-state index is 5.63. The average molecular weight is 297 g/mol. The molecule has 90 valence electrons. The molecule has 0 bridgehead atoms. The molecule has 1 unspecified atom stereocenters. The lowest BCUT2D eigenvalue weighted by molar-refractivity contribution is 0.475. The molecule has 1 aromatic carbocycles. The highest BCUT2D eigenvalue weighted by atomic mass is 79.9. The lowest BCUT2D eigenvalue weighted by Gasteiger charge is -2.03. The van der Waals surface area contributed by atoms with Gasteiger partial charge in [-0.2, -0.15) is 0 Å². The number of nitrogens with zero attached hydrogens (tertiary/aromatic N) is 2. The topological polar surface area (TPSA) is 77.0 Å². The number of anilines is 2. The molecule has 6 heteroatoms. The Hall–Kier alpha value is -1.40. The molecule has 0 spiro atoms. The normalized spacial score (nSPS) is 12.5. The number of benzene rings is 1. The van der Waals surface area contributed by atoms with Gasteiger partial charge in [0.15, 0.2) is 0 Å². The van der Waals surface area contributed by atoms with E-state index < -0.39 is 0 Å². The van der Waals surface area contributed by atoms with Crippen LogP contribution >= 0.6 is 15.9 Å². The Kier molecular flexibility index (Phi) is 3.44. The van der Waals surface area contributed by atoms with Gasteiger partial charge in [-0.3, -0.25) is 0 Å². The summed E-state index contributed by atoms with van der Waals surface area (Å²) in [6.07, 6.45) is 0. The maximum atomic E-state index is 5.63. The van der Waals surface area contributed by atoms with Crippen molar-refractivity contribution in [3.05, 3.63) is 34.1 Å². The third-order valence-corrected chi connectivity index (χ3v) is 3.13. The number of aryl methyl sites for hydroxylation is 1. The second-order valence-electron chi connectivity index (χ2n) is 3.82. The summed E-state index contributed by atoms with van der Waals surface area (Å²) in [5.74, 6) is 0.418. The highest BCUT2D eigenvalue weighted by Gasteiger charge is 2.09. The first kappa shape index (κ1) is 12.1. The van der Waals surface area contributed by atoms with E-state index in [-0.39, 0.29) is 6.04 Å². The molecule has 1 atom stereocenters. The van der Waals surface area contributed by atoms with Gasteiger partial charge in [0.1, 0.15) is 0 Å². The molecule has 3 N–H and O–H groups in total. The quantitative estimate of drug-likeness (QED) is 0.911. The van der Waals surface area contributed by atoms with Crippen molar-refractivity contribution < 1.29 is 4.42 Å². The van der Waals surface area contributed by atoms with E-state index in [9.17, 15) is 0 Å². The van der Waals surface area contributed by atoms with Gasteiger partial charge in [-0.15, -0.1) is 5.10 Å². The zero-order valence-corrected chi connectivity index (χ0v) is 11.2. The number of aromatic nitrogens is 2. The summed E-state index contributed by atoms with van der Waals surface area (Å²) in [4.78, 5) is 0. The molecule has 0 fully saturated rings. The molecule has 0 saturated carbocycles. The third-order valence-electron chi connectivity index (χ3n) is 2.24. The number of nitrogens with two attached hydrogens (primary N) is 1. The fourth-order valence-corrected chi connectivity index (χ4v) is 1.56. The number of hydrogen-bond acceptors (Lipinski definition) is 5. The van der Waals surface area contributed by atoms with Crippen molar-refractivity contribution in [2.45, 2.75) is 19.9 Å². The Bertz CT molecular complexity index is 524. The third kappa shape index (κ3) is 2.83. The largest absolute Gasteiger partial charge is 0.406 e. The summed E-state index contributed by atoms with van der Waals surface area (Å²) in [6.45, 7) is 3.80. The van der Waals surface area contributed by atoms with Gasteiger partial charge in [-0.1, -0.05) is 21.0 Å². The summed E-state index contributed by atoms with van der Waals surface area (Å²) >= 11 is 3.44. The molecule has 0 amide bonds. The molecule has 1 aromatic heterocycles. The Balaban J connectivity index is 2.16. The van der Waals surface area contributed by atoms with Gasteiger partial charge >= 0.3 is 6.01 Å². The van der Waals surface area contributed by atoms with Crippen molar-refractivity contribution in [3.63, 3.8) is 0 Å². The van der Waals surface area contributed by atoms with Crippen molar-refractivity contribution in [2.24, 2.45) is 5.73 Å². The fraction of sp³-hybridized carbons (Fsp3) is 0.273. The van der Waals surface area contributed by atoms with Crippen molar-refractivity contribution in [3.8, 4) is 0 Å². The monoisotopic (exact) mass is 296 g/mol. The Morgan fingerprint density at radius 3 is 2.76 bits per heavy atom. The highest BCUT2D eigenvalue weighted by molar-refractivity contribution is 9.10. The summed E-state index contributed by atoms with van der Waals surface area (Å²) in [6, 6.07) is 5.96. The number of halogens is 1. The van der Waals surface area contributed by atoms with Gasteiger partial charge in [0.2, 0.25) is 5.89 Å². The first-order valence-electron chi connectivity index (χ1n) is 5.18. The minimum absolute atomic E-state index is 0.260. The van der Waals surface area contributed by atoms with E-state index in [2.05, 4.69) is 31.4 Å². The van der Waals surface area contributed by atoms with Gasteiger partial charge in [-0.05, 0) is 37.6 Å². The van der Waals surface area contributed by atoms with Crippen LogP contribution in [0.3, 0.4) is 0 Å². The summed E-state index contributed by atoms with van der Waals surface area (Å²) in [7, 11) is 0. The van der Waals surface area contributed by atoms with Crippen LogP contribution in [0, 0.1) is 6.92 Å². The second kappa shape index (κ2) is 4.85. The van der Waals surface area contributed by atoms with Crippen LogP contribution in [0.25, 0.3) is 0 Å². The molecular formula is C11H13BrN4O. The zero-order valence-electron chi connectivity index (χ0n) is 9.57. The zero-order chi connectivity index (χ0) is 12.4. The van der Waals surface area contributed by atoms with Crippen molar-refractivity contribution in [1.82, 2.24) is 10.2 Å². The van der Waals surface area contributed by atoms with E-state index in [1.807, 2.05) is 25.1 Å². The molecule has 17 heavy (non-hydrogen) atoms. The van der Waals surface area contributed by atoms with Crippen LogP contribution < -0.4 is 11.1 Å². The first-order chi connectivity index (χ1) is 8.06. The van der Waals surface area contributed by atoms with Crippen LogP contribution in [0.1, 0.15) is 24.4 Å². The van der Waals surface area contributed by atoms with E-state index >= 15 is 0 Å². The number of hydrogen-bond donors (Lipinski definition) is 2. The van der Waals surface area contributed by atoms with Crippen LogP contribution in [0.2, 0.25) is 0 Å². The number of rotatable bonds is 3. The molecular weight excluding hydrogens is 284 g/mol. The second-order valence-corrected chi connectivity index (χ2v) is 4.68. The van der Waals surface area contributed by atoms with Gasteiger partial charge < -0.3 is 15.5 Å². The smallest absolute Gasteiger partial charge is 0.320 e. The van der Waals surface area contributed by atoms with Crippen molar-refractivity contribution >= 4 is 27.6 Å². The van der Waals surface area contributed by atoms with E-state index in [0.29, 0.717) is 11.9 Å². The molecule has 0 aliphatic heterocycles. The van der Waals surface area contributed by atoms with Crippen LogP contribution in [0.15, 0.2) is 27.1 Å². The fourth-order valence-electron chi connectivity index (χ4n) is 1.32. The predicted molar refractivity (Wildman–Crippen MR) is 69.1 cm³/mol. The Morgan fingerprint density at radius 1 is 1.41 bits per heavy atom. The van der Waals surface area contributed by atoms with Crippen LogP contribution in [-0.2, 0) is 0 Å². The molecule has 0 radical (unpaired) electrons. The van der Waals surface area contributed by atoms with Crippen LogP contribution in [-0.4, -0.2) is 10.2 Å². The van der Waals surface area contributed by atoms with E-state index in [4.69, 9.17) is 10.2 Å². The predicted octanol–water partition coefficient (Wildman–Crippen LogP) is 2.90.